The van der Waals surface area contributed by atoms with Crippen molar-refractivity contribution < 1.29 is 4.79 Å². The molecule has 0 aliphatic heterocycles. The topological polar surface area (TPSA) is 40.9 Å². The molecule has 0 spiro atoms. The molecule has 0 amide bonds. The quantitative estimate of drug-likeness (QED) is 0.533. The van der Waals surface area contributed by atoms with Crippen LogP contribution in [0, 0.1) is 11.3 Å². The smallest absolute Gasteiger partial charge is 0.272 e. The molecule has 1 aromatic rings. The Morgan fingerprint density at radius 3 is 2.80 bits per heavy atom. The number of Topliss-reactive ketones (excluding diaryl/α,β-unsaturated/α-hetero) is 1. The molecular weight excluding hydrogens is 214 g/mol. The first-order valence-corrected chi connectivity index (χ1v) is 4.05. The number of nitriles is 1. The molecule has 0 unspecified atom stereocenters. The van der Waals surface area contributed by atoms with Gasteiger partial charge in [-0.3, -0.25) is 4.79 Å². The van der Waals surface area contributed by atoms with Gasteiger partial charge in [-0.1, -0.05) is 0 Å². The summed E-state index contributed by atoms with van der Waals surface area (Å²) in [7, 11) is 0. The Labute approximate surface area is 70.2 Å². The second-order valence-electron chi connectivity index (χ2n) is 1.54. The second kappa shape index (κ2) is 2.95. The third-order valence-electron chi connectivity index (χ3n) is 0.899. The summed E-state index contributed by atoms with van der Waals surface area (Å²) in [6.07, 6.45) is 0. The normalized spacial score (nSPS) is 8.80. The summed E-state index contributed by atoms with van der Waals surface area (Å²) in [5, 5.41) is 8.19. The highest BCUT2D eigenvalue weighted by Gasteiger charge is 2.05. The molecule has 0 saturated heterocycles. The number of hydrogen-bond donors (Lipinski definition) is 0. The average molecular weight is 216 g/mol. The first kappa shape index (κ1) is 7.45. The summed E-state index contributed by atoms with van der Waals surface area (Å²) in [5.41, 5.74) is 0. The van der Waals surface area contributed by atoms with Gasteiger partial charge in [-0.05, 0) is 28.1 Å². The minimum atomic E-state index is -0.476. The van der Waals surface area contributed by atoms with Gasteiger partial charge in [-0.25, -0.2) is 0 Å². The predicted molar refractivity (Wildman–Crippen MR) is 42.0 cm³/mol. The van der Waals surface area contributed by atoms with Gasteiger partial charge in [0.2, 0.25) is 0 Å². The van der Waals surface area contributed by atoms with E-state index in [2.05, 4.69) is 15.9 Å². The van der Waals surface area contributed by atoms with Gasteiger partial charge in [0.25, 0.3) is 5.78 Å². The van der Waals surface area contributed by atoms with Gasteiger partial charge < -0.3 is 0 Å². The number of nitrogens with zero attached hydrogens (tertiary/aromatic N) is 1. The van der Waals surface area contributed by atoms with Crippen molar-refractivity contribution >= 4 is 33.0 Å². The van der Waals surface area contributed by atoms with E-state index in [9.17, 15) is 4.79 Å². The van der Waals surface area contributed by atoms with E-state index >= 15 is 0 Å². The molecule has 4 heteroatoms. The number of carbonyl (C=O) groups excluding carboxylic acids is 1. The Hall–Kier alpha value is -0.660. The van der Waals surface area contributed by atoms with E-state index < -0.39 is 5.78 Å². The first-order chi connectivity index (χ1) is 4.74. The van der Waals surface area contributed by atoms with E-state index in [4.69, 9.17) is 5.26 Å². The minimum Gasteiger partial charge on any atom is -0.276 e. The van der Waals surface area contributed by atoms with Crippen molar-refractivity contribution in [2.75, 3.05) is 0 Å². The van der Waals surface area contributed by atoms with Crippen LogP contribution in [-0.2, 0) is 0 Å². The summed E-state index contributed by atoms with van der Waals surface area (Å²) >= 11 is 4.45. The van der Waals surface area contributed by atoms with Crippen LogP contribution in [0.1, 0.15) is 9.67 Å². The lowest BCUT2D eigenvalue weighted by molar-refractivity contribution is 0.105. The number of rotatable bonds is 1. The molecule has 2 nitrogen and oxygen atoms in total. The molecule has 1 heterocycles. The van der Waals surface area contributed by atoms with Gasteiger partial charge in [-0.2, -0.15) is 5.26 Å². The Kier molecular flexibility index (Phi) is 2.20. The minimum absolute atomic E-state index is 0.476. The fourth-order valence-corrected chi connectivity index (χ4v) is 1.77. The molecule has 0 radical (unpaired) electrons. The van der Waals surface area contributed by atoms with Crippen LogP contribution in [0.5, 0.6) is 0 Å². The Balaban J connectivity index is 2.98. The van der Waals surface area contributed by atoms with Gasteiger partial charge >= 0.3 is 0 Å². The van der Waals surface area contributed by atoms with Crippen LogP contribution < -0.4 is 0 Å². The second-order valence-corrected chi connectivity index (χ2v) is 4.01. The molecule has 0 fully saturated rings. The molecule has 0 bridgehead atoms. The van der Waals surface area contributed by atoms with E-state index in [1.807, 2.05) is 0 Å². The molecule has 10 heavy (non-hydrogen) atoms. The zero-order chi connectivity index (χ0) is 7.56. The maximum atomic E-state index is 10.7. The summed E-state index contributed by atoms with van der Waals surface area (Å²) in [6.45, 7) is 0. The van der Waals surface area contributed by atoms with E-state index in [-0.39, 0.29) is 0 Å². The summed E-state index contributed by atoms with van der Waals surface area (Å²) in [5.74, 6) is -0.476. The van der Waals surface area contributed by atoms with Gasteiger partial charge in [0.15, 0.2) is 0 Å². The summed E-state index contributed by atoms with van der Waals surface area (Å²) in [6, 6.07) is 4.92. The van der Waals surface area contributed by atoms with Crippen molar-refractivity contribution in [3.63, 3.8) is 0 Å². The van der Waals surface area contributed by atoms with Crippen molar-refractivity contribution in [2.45, 2.75) is 0 Å². The summed E-state index contributed by atoms with van der Waals surface area (Å²) < 4.78 is 0.867. The van der Waals surface area contributed by atoms with Crippen LogP contribution in [0.3, 0.4) is 0 Å². The third-order valence-corrected chi connectivity index (χ3v) is 2.52. The van der Waals surface area contributed by atoms with Crippen molar-refractivity contribution in [3.8, 4) is 6.07 Å². The summed E-state index contributed by atoms with van der Waals surface area (Å²) in [4.78, 5) is 11.1. The molecule has 0 atom stereocenters. The van der Waals surface area contributed by atoms with Crippen molar-refractivity contribution in [2.24, 2.45) is 0 Å². The van der Waals surface area contributed by atoms with E-state index in [0.717, 1.165) is 3.79 Å². The largest absolute Gasteiger partial charge is 0.276 e. The molecular formula is C6H2BrNOS. The number of halogens is 1. The van der Waals surface area contributed by atoms with Crippen LogP contribution in [0.15, 0.2) is 15.9 Å². The number of carbonyl (C=O) groups is 1. The molecule has 0 aliphatic carbocycles. The predicted octanol–water partition coefficient (Wildman–Crippen LogP) is 2.22. The third kappa shape index (κ3) is 1.43. The van der Waals surface area contributed by atoms with Gasteiger partial charge in [0.1, 0.15) is 6.07 Å². The van der Waals surface area contributed by atoms with Crippen molar-refractivity contribution in [3.05, 3.63) is 20.8 Å². The van der Waals surface area contributed by atoms with Gasteiger partial charge in [0, 0.05) is 0 Å². The molecule has 0 aliphatic rings. The van der Waals surface area contributed by atoms with Crippen molar-refractivity contribution in [1.29, 1.82) is 5.26 Å². The van der Waals surface area contributed by atoms with Crippen LogP contribution in [0.4, 0.5) is 0 Å². The van der Waals surface area contributed by atoms with E-state index in [1.54, 1.807) is 18.2 Å². The van der Waals surface area contributed by atoms with Crippen LogP contribution >= 0.6 is 27.3 Å². The zero-order valence-corrected chi connectivity index (χ0v) is 7.20. The van der Waals surface area contributed by atoms with Crippen LogP contribution in [-0.4, -0.2) is 5.78 Å². The molecule has 50 valence electrons. The van der Waals surface area contributed by atoms with Crippen molar-refractivity contribution in [1.82, 2.24) is 0 Å². The maximum Gasteiger partial charge on any atom is 0.272 e. The lowest BCUT2D eigenvalue weighted by atomic mass is 10.3. The molecule has 0 aromatic carbocycles. The Bertz CT molecular complexity index is 299. The van der Waals surface area contributed by atoms with Gasteiger partial charge in [0.05, 0.1) is 8.66 Å². The van der Waals surface area contributed by atoms with E-state index in [1.165, 1.54) is 11.3 Å². The first-order valence-electron chi connectivity index (χ1n) is 2.44. The number of ketones is 1. The molecule has 0 saturated carbocycles. The van der Waals surface area contributed by atoms with Gasteiger partial charge in [-0.15, -0.1) is 11.3 Å². The average Bonchev–Trinajstić information content (AvgIpc) is 2.34. The molecule has 1 rings (SSSR count). The lowest BCUT2D eigenvalue weighted by Crippen LogP contribution is -1.87. The zero-order valence-electron chi connectivity index (χ0n) is 4.80. The molecule has 1 aromatic heterocycles. The maximum absolute atomic E-state index is 10.7. The fraction of sp³-hybridized carbons (Fsp3) is 0. The number of thiophene rings is 1. The lowest BCUT2D eigenvalue weighted by Gasteiger charge is -1.77. The standard InChI is InChI=1S/C6H2BrNOS/c7-6-2-1-5(10-6)4(9)3-8/h1-2H. The monoisotopic (exact) mass is 215 g/mol. The molecule has 0 N–H and O–H groups in total. The van der Waals surface area contributed by atoms with E-state index in [0.29, 0.717) is 4.88 Å². The highest BCUT2D eigenvalue weighted by Crippen LogP contribution is 2.21. The fourth-order valence-electron chi connectivity index (χ4n) is 0.491. The Morgan fingerprint density at radius 1 is 1.70 bits per heavy atom. The Morgan fingerprint density at radius 2 is 2.40 bits per heavy atom. The highest BCUT2D eigenvalue weighted by atomic mass is 79.9. The van der Waals surface area contributed by atoms with Crippen LogP contribution in [0.2, 0.25) is 0 Å². The SMILES string of the molecule is N#CC(=O)c1ccc(Br)s1. The number of hydrogen-bond acceptors (Lipinski definition) is 3. The van der Waals surface area contributed by atoms with Crippen LogP contribution in [0.25, 0.3) is 0 Å². The highest BCUT2D eigenvalue weighted by molar-refractivity contribution is 9.11.